The van der Waals surface area contributed by atoms with Crippen molar-refractivity contribution in [1.82, 2.24) is 15.6 Å². The molecule has 5 aromatic rings. The Morgan fingerprint density at radius 3 is 2.24 bits per heavy atom. The number of benzene rings is 4. The molecule has 1 heterocycles. The normalized spacial score (nSPS) is 12.4. The number of hydrogen-bond donors (Lipinski definition) is 4. The molecule has 0 bridgehead atoms. The summed E-state index contributed by atoms with van der Waals surface area (Å²) in [5.74, 6) is 0.628. The molecule has 0 aliphatic rings. The molecule has 0 spiro atoms. The molecule has 4 N–H and O–H groups in total. The first-order valence-corrected chi connectivity index (χ1v) is 20.8. The number of nitrogens with one attached hydrogen (secondary N) is 4. The van der Waals surface area contributed by atoms with Gasteiger partial charge in [0.2, 0.25) is 5.56 Å². The van der Waals surface area contributed by atoms with Crippen molar-refractivity contribution < 1.29 is 14.0 Å². The van der Waals surface area contributed by atoms with Gasteiger partial charge in [-0.05, 0) is 90.5 Å². The zero-order valence-corrected chi connectivity index (χ0v) is 31.6. The Balaban J connectivity index is 1.23. The van der Waals surface area contributed by atoms with Crippen LogP contribution < -0.4 is 26.2 Å². The van der Waals surface area contributed by atoms with Crippen LogP contribution in [0.5, 0.6) is 5.75 Å². The van der Waals surface area contributed by atoms with Crippen molar-refractivity contribution in [2.75, 3.05) is 25.0 Å². The lowest BCUT2D eigenvalue weighted by molar-refractivity contribution is 0.182. The first-order chi connectivity index (χ1) is 24.5. The van der Waals surface area contributed by atoms with Gasteiger partial charge in [-0.3, -0.25) is 4.79 Å². The summed E-state index contributed by atoms with van der Waals surface area (Å²) < 4.78 is 13.3. The molecule has 9 heteroatoms. The van der Waals surface area contributed by atoms with Crippen molar-refractivity contribution in [2.45, 2.75) is 70.9 Å². The number of fused-ring (bicyclic) bond motifs is 1. The fraction of sp³-hybridized carbons (Fsp3) is 0.333. The highest BCUT2D eigenvalue weighted by molar-refractivity contribution is 6.74. The lowest BCUT2D eigenvalue weighted by atomic mass is 10.0. The summed E-state index contributed by atoms with van der Waals surface area (Å²) in [7, 11) is -2.19. The Hall–Kier alpha value is -4.70. The summed E-state index contributed by atoms with van der Waals surface area (Å²) in [6.07, 6.45) is 2.33. The zero-order chi connectivity index (χ0) is 36.3. The van der Waals surface area contributed by atoms with E-state index in [4.69, 9.17) is 9.16 Å². The lowest BCUT2D eigenvalue weighted by Crippen LogP contribution is -2.43. The monoisotopic (exact) mass is 704 g/mol. The van der Waals surface area contributed by atoms with Gasteiger partial charge in [0.15, 0.2) is 8.32 Å². The maximum Gasteiger partial charge on any atom is 0.319 e. The number of carbonyl (C=O) groups is 1. The third-order valence-electron chi connectivity index (χ3n) is 9.59. The number of urea groups is 1. The van der Waals surface area contributed by atoms with Gasteiger partial charge in [-0.25, -0.2) is 4.79 Å². The van der Waals surface area contributed by atoms with Crippen molar-refractivity contribution in [2.24, 2.45) is 0 Å². The molecule has 0 aliphatic carbocycles. The van der Waals surface area contributed by atoms with E-state index in [-0.39, 0.29) is 22.7 Å². The molecule has 51 heavy (non-hydrogen) atoms. The van der Waals surface area contributed by atoms with Crippen LogP contribution in [0.1, 0.15) is 55.5 Å². The van der Waals surface area contributed by atoms with Crippen LogP contribution in [0, 0.1) is 0 Å². The fourth-order valence-corrected chi connectivity index (χ4v) is 6.99. The number of H-pyrrole nitrogens is 1. The maximum atomic E-state index is 12.6. The Morgan fingerprint density at radius 2 is 1.51 bits per heavy atom. The molecule has 8 nitrogen and oxygen atoms in total. The molecular weight excluding hydrogens is 653 g/mol. The van der Waals surface area contributed by atoms with E-state index in [1.165, 1.54) is 5.56 Å². The van der Waals surface area contributed by atoms with Crippen LogP contribution in [0.2, 0.25) is 18.1 Å². The quantitative estimate of drug-likeness (QED) is 0.0608. The number of ether oxygens (including phenoxy) is 1. The van der Waals surface area contributed by atoms with Gasteiger partial charge in [0.25, 0.3) is 0 Å². The predicted molar refractivity (Wildman–Crippen MR) is 211 cm³/mol. The van der Waals surface area contributed by atoms with Crippen LogP contribution >= 0.6 is 0 Å². The van der Waals surface area contributed by atoms with Crippen LogP contribution in [0.4, 0.5) is 10.5 Å². The Labute approximate surface area is 303 Å². The van der Waals surface area contributed by atoms with Gasteiger partial charge in [-0.1, -0.05) is 99.6 Å². The van der Waals surface area contributed by atoms with Crippen molar-refractivity contribution in [1.29, 1.82) is 0 Å². The number of rotatable bonds is 16. The van der Waals surface area contributed by atoms with E-state index >= 15 is 0 Å². The minimum Gasteiger partial charge on any atom is -0.487 e. The van der Waals surface area contributed by atoms with Gasteiger partial charge in [-0.2, -0.15) is 0 Å². The van der Waals surface area contributed by atoms with Gasteiger partial charge in [0.1, 0.15) is 12.4 Å². The molecule has 0 aliphatic heterocycles. The number of anilines is 1. The summed E-state index contributed by atoms with van der Waals surface area (Å²) in [5.41, 5.74) is 5.70. The maximum absolute atomic E-state index is 12.6. The highest BCUT2D eigenvalue weighted by Crippen LogP contribution is 2.41. The molecule has 1 atom stereocenters. The highest BCUT2D eigenvalue weighted by Gasteiger charge is 2.39. The fourth-order valence-electron chi connectivity index (χ4n) is 5.72. The standard InChI is InChI=1S/C42H52N4O4Si/c1-42(2,3)51(4,5)50-38(35-21-23-37(40-36(35)22-24-39(47)46-40)49-30-33-16-10-7-11-17-33)29-43-27-25-32-18-12-20-34(28-32)45-41(48)44-26-13-19-31-14-8-6-9-15-31/h6-12,14-18,20-24,28,38,43H,13,19,25-27,29-30H2,1-5H3,(H,46,47)(H2,44,45,48)/t38-/m1/s1. The van der Waals surface area contributed by atoms with E-state index in [1.807, 2.05) is 78.9 Å². The van der Waals surface area contributed by atoms with Gasteiger partial charge in [0, 0.05) is 30.2 Å². The number of aromatic amines is 1. The van der Waals surface area contributed by atoms with E-state index in [0.717, 1.165) is 53.6 Å². The average Bonchev–Trinajstić information content (AvgIpc) is 3.11. The van der Waals surface area contributed by atoms with Crippen molar-refractivity contribution in [3.63, 3.8) is 0 Å². The summed E-state index contributed by atoms with van der Waals surface area (Å²) in [4.78, 5) is 28.1. The number of aryl methyl sites for hydroxylation is 1. The third kappa shape index (κ3) is 10.9. The summed E-state index contributed by atoms with van der Waals surface area (Å²) in [6.45, 7) is 13.6. The van der Waals surface area contributed by atoms with E-state index in [9.17, 15) is 9.59 Å². The second-order valence-corrected chi connectivity index (χ2v) is 19.3. The molecule has 0 fully saturated rings. The van der Waals surface area contributed by atoms with E-state index in [2.05, 4.69) is 79.1 Å². The molecule has 5 rings (SSSR count). The second-order valence-electron chi connectivity index (χ2n) is 14.5. The van der Waals surface area contributed by atoms with Crippen LogP contribution in [-0.2, 0) is 23.9 Å². The summed E-state index contributed by atoms with van der Waals surface area (Å²) in [6, 6.07) is 35.5. The second kappa shape index (κ2) is 17.5. The van der Waals surface area contributed by atoms with Gasteiger partial charge >= 0.3 is 6.03 Å². The molecule has 2 amide bonds. The van der Waals surface area contributed by atoms with Crippen molar-refractivity contribution in [3.05, 3.63) is 142 Å². The van der Waals surface area contributed by atoms with Gasteiger partial charge < -0.3 is 30.1 Å². The number of amides is 2. The first kappa shape index (κ1) is 37.5. The van der Waals surface area contributed by atoms with Gasteiger partial charge in [0.05, 0.1) is 11.6 Å². The molecule has 0 saturated carbocycles. The number of aromatic nitrogens is 1. The van der Waals surface area contributed by atoms with Crippen molar-refractivity contribution >= 4 is 30.9 Å². The number of hydrogen-bond acceptors (Lipinski definition) is 5. The van der Waals surface area contributed by atoms with E-state index < -0.39 is 8.32 Å². The van der Waals surface area contributed by atoms with Crippen LogP contribution in [0.15, 0.2) is 114 Å². The van der Waals surface area contributed by atoms with Crippen molar-refractivity contribution in [3.8, 4) is 5.75 Å². The average molecular weight is 705 g/mol. The first-order valence-electron chi connectivity index (χ1n) is 17.9. The number of pyridine rings is 1. The largest absolute Gasteiger partial charge is 0.487 e. The number of carbonyl (C=O) groups excluding carboxylic acids is 1. The van der Waals surface area contributed by atoms with Crippen LogP contribution in [0.25, 0.3) is 10.9 Å². The molecule has 0 saturated heterocycles. The highest BCUT2D eigenvalue weighted by atomic mass is 28.4. The minimum absolute atomic E-state index is 0.00965. The summed E-state index contributed by atoms with van der Waals surface area (Å²) in [5, 5.41) is 10.5. The minimum atomic E-state index is -2.19. The Kier molecular flexibility index (Phi) is 12.9. The molecule has 4 aromatic carbocycles. The molecule has 268 valence electrons. The Morgan fingerprint density at radius 1 is 0.804 bits per heavy atom. The molecule has 0 unspecified atom stereocenters. The van der Waals surface area contributed by atoms with Crippen LogP contribution in [0.3, 0.4) is 0 Å². The Bertz CT molecular complexity index is 1920. The lowest BCUT2D eigenvalue weighted by Gasteiger charge is -2.39. The van der Waals surface area contributed by atoms with E-state index in [1.54, 1.807) is 6.07 Å². The van der Waals surface area contributed by atoms with E-state index in [0.29, 0.717) is 31.0 Å². The molecular formula is C42H52N4O4Si. The molecule has 1 aromatic heterocycles. The predicted octanol–water partition coefficient (Wildman–Crippen LogP) is 8.76. The third-order valence-corrected chi connectivity index (χ3v) is 14.1. The smallest absolute Gasteiger partial charge is 0.319 e. The summed E-state index contributed by atoms with van der Waals surface area (Å²) >= 11 is 0. The SMILES string of the molecule is CC(C)(C)[Si](C)(C)O[C@H](CNCCc1cccc(NC(=O)NCCCc2ccccc2)c1)c1ccc(OCc2ccccc2)c2[nH]c(=O)ccc12. The van der Waals surface area contributed by atoms with Crippen LogP contribution in [-0.4, -0.2) is 39.0 Å². The molecule has 0 radical (unpaired) electrons. The topological polar surface area (TPSA) is 104 Å². The van der Waals surface area contributed by atoms with Gasteiger partial charge in [-0.15, -0.1) is 0 Å². The zero-order valence-electron chi connectivity index (χ0n) is 30.6.